The lowest BCUT2D eigenvalue weighted by Gasteiger charge is -2.11. The van der Waals surface area contributed by atoms with E-state index < -0.39 is 17.0 Å². The molecule has 0 aliphatic heterocycles. The number of nitrogen functional groups attached to an aromatic ring is 1. The monoisotopic (exact) mass is 415 g/mol. The third-order valence-electron chi connectivity index (χ3n) is 4.46. The number of methoxy groups -OCH3 is 1. The Hall–Kier alpha value is -3.41. The lowest BCUT2D eigenvalue weighted by molar-refractivity contribution is 0.102. The number of ketones is 1. The van der Waals surface area contributed by atoms with Gasteiger partial charge in [-0.2, -0.15) is 4.68 Å². The smallest absolute Gasteiger partial charge is 0.330 e. The number of benzene rings is 1. The first kappa shape index (κ1) is 18.9. The first-order chi connectivity index (χ1) is 14.0. The molecule has 0 spiro atoms. The second-order valence-corrected chi connectivity index (χ2v) is 7.35. The Morgan fingerprint density at radius 3 is 2.69 bits per heavy atom. The maximum Gasteiger partial charge on any atom is 0.330 e. The van der Waals surface area contributed by atoms with Crippen molar-refractivity contribution in [2.45, 2.75) is 24.0 Å². The molecule has 0 amide bonds. The molecular weight excluding hydrogens is 398 g/mol. The number of thioether (sulfide) groups is 1. The summed E-state index contributed by atoms with van der Waals surface area (Å²) in [6.07, 6.45) is 1.57. The van der Waals surface area contributed by atoms with E-state index in [0.717, 1.165) is 24.6 Å². The molecule has 29 heavy (non-hydrogen) atoms. The molecule has 1 aliphatic rings. The summed E-state index contributed by atoms with van der Waals surface area (Å²) in [5.74, 6) is -0.0344. The van der Waals surface area contributed by atoms with Gasteiger partial charge in [0.15, 0.2) is 5.78 Å². The molecule has 12 heteroatoms. The lowest BCUT2D eigenvalue weighted by Crippen LogP contribution is -2.36. The second-order valence-electron chi connectivity index (χ2n) is 6.40. The summed E-state index contributed by atoms with van der Waals surface area (Å²) in [6, 6.07) is 7.00. The van der Waals surface area contributed by atoms with Gasteiger partial charge in [0.25, 0.3) is 5.56 Å². The molecule has 0 saturated heterocycles. The van der Waals surface area contributed by atoms with Crippen molar-refractivity contribution in [3.63, 3.8) is 0 Å². The zero-order valence-electron chi connectivity index (χ0n) is 15.4. The van der Waals surface area contributed by atoms with E-state index in [0.29, 0.717) is 16.6 Å². The van der Waals surface area contributed by atoms with Gasteiger partial charge in [-0.1, -0.05) is 11.8 Å². The van der Waals surface area contributed by atoms with Crippen LogP contribution in [-0.2, 0) is 0 Å². The summed E-state index contributed by atoms with van der Waals surface area (Å²) >= 11 is 1.06. The molecule has 0 radical (unpaired) electrons. The van der Waals surface area contributed by atoms with Gasteiger partial charge in [0.2, 0.25) is 5.16 Å². The number of carbonyl (C=O) groups excluding carboxylic acids is 1. The SMILES string of the molecule is COc1ccc(-n2nnnc2SCC(=O)c2c(N)n(C3CC3)c(=O)[nH]c2=O)cc1. The fourth-order valence-corrected chi connectivity index (χ4v) is 3.65. The van der Waals surface area contributed by atoms with Gasteiger partial charge in [-0.15, -0.1) is 5.10 Å². The number of hydrogen-bond acceptors (Lipinski definition) is 9. The van der Waals surface area contributed by atoms with Gasteiger partial charge in [0, 0.05) is 6.04 Å². The number of aromatic amines is 1. The molecule has 4 rings (SSSR count). The Kier molecular flexibility index (Phi) is 4.92. The number of hydrogen-bond donors (Lipinski definition) is 2. The van der Waals surface area contributed by atoms with Gasteiger partial charge in [0.05, 0.1) is 18.6 Å². The van der Waals surface area contributed by atoms with Crippen molar-refractivity contribution < 1.29 is 9.53 Å². The third-order valence-corrected chi connectivity index (χ3v) is 5.38. The number of carbonyl (C=O) groups is 1. The van der Waals surface area contributed by atoms with Crippen molar-refractivity contribution in [2.75, 3.05) is 18.6 Å². The fourth-order valence-electron chi connectivity index (χ4n) is 2.89. The Morgan fingerprint density at radius 2 is 2.03 bits per heavy atom. The van der Waals surface area contributed by atoms with Gasteiger partial charge in [-0.25, -0.2) is 4.79 Å². The molecule has 0 unspecified atom stereocenters. The summed E-state index contributed by atoms with van der Waals surface area (Å²) in [5.41, 5.74) is 5.07. The van der Waals surface area contributed by atoms with Crippen LogP contribution < -0.4 is 21.7 Å². The predicted octanol–water partition coefficient (Wildman–Crippen LogP) is 0.413. The second kappa shape index (κ2) is 7.54. The molecule has 0 atom stereocenters. The van der Waals surface area contributed by atoms with Crippen LogP contribution in [-0.4, -0.2) is 48.4 Å². The quantitative estimate of drug-likeness (QED) is 0.413. The third kappa shape index (κ3) is 3.66. The molecule has 150 valence electrons. The van der Waals surface area contributed by atoms with Crippen LogP contribution in [0.5, 0.6) is 5.75 Å². The van der Waals surface area contributed by atoms with Crippen molar-refractivity contribution in [1.29, 1.82) is 0 Å². The Bertz CT molecular complexity index is 1180. The van der Waals surface area contributed by atoms with Crippen LogP contribution in [0, 0.1) is 0 Å². The van der Waals surface area contributed by atoms with Crippen LogP contribution in [0.4, 0.5) is 5.82 Å². The maximum absolute atomic E-state index is 12.7. The van der Waals surface area contributed by atoms with Crippen molar-refractivity contribution >= 4 is 23.4 Å². The molecule has 1 saturated carbocycles. The number of aromatic nitrogens is 6. The first-order valence-electron chi connectivity index (χ1n) is 8.72. The highest BCUT2D eigenvalue weighted by molar-refractivity contribution is 7.99. The van der Waals surface area contributed by atoms with E-state index in [1.807, 2.05) is 0 Å². The summed E-state index contributed by atoms with van der Waals surface area (Å²) in [4.78, 5) is 39.0. The van der Waals surface area contributed by atoms with Gasteiger partial charge >= 0.3 is 5.69 Å². The topological polar surface area (TPSA) is 151 Å². The summed E-state index contributed by atoms with van der Waals surface area (Å²) in [6.45, 7) is 0. The molecule has 2 heterocycles. The van der Waals surface area contributed by atoms with Crippen molar-refractivity contribution in [3.05, 3.63) is 50.7 Å². The van der Waals surface area contributed by atoms with E-state index in [4.69, 9.17) is 10.5 Å². The van der Waals surface area contributed by atoms with Crippen molar-refractivity contribution in [1.82, 2.24) is 29.8 Å². The zero-order chi connectivity index (χ0) is 20.5. The number of tetrazole rings is 1. The number of rotatable bonds is 7. The molecule has 1 aliphatic carbocycles. The van der Waals surface area contributed by atoms with Crippen LogP contribution in [0.3, 0.4) is 0 Å². The van der Waals surface area contributed by atoms with Crippen molar-refractivity contribution in [2.24, 2.45) is 0 Å². The molecule has 1 aromatic carbocycles. The summed E-state index contributed by atoms with van der Waals surface area (Å²) in [7, 11) is 1.57. The van der Waals surface area contributed by atoms with E-state index >= 15 is 0 Å². The minimum Gasteiger partial charge on any atom is -0.497 e. The van der Waals surface area contributed by atoms with Crippen LogP contribution in [0.2, 0.25) is 0 Å². The van der Waals surface area contributed by atoms with Gasteiger partial charge < -0.3 is 10.5 Å². The van der Waals surface area contributed by atoms with Crippen LogP contribution >= 0.6 is 11.8 Å². The number of Topliss-reactive ketones (excluding diaryl/α,β-unsaturated/α-hetero) is 1. The molecular formula is C17H17N7O4S. The Labute approximate surface area is 167 Å². The number of ether oxygens (including phenoxy) is 1. The molecule has 11 nitrogen and oxygen atoms in total. The van der Waals surface area contributed by atoms with Crippen molar-refractivity contribution in [3.8, 4) is 11.4 Å². The minimum atomic E-state index is -0.787. The highest BCUT2D eigenvalue weighted by atomic mass is 32.2. The zero-order valence-corrected chi connectivity index (χ0v) is 16.2. The van der Waals surface area contributed by atoms with Crippen LogP contribution in [0.25, 0.3) is 5.69 Å². The molecule has 2 aromatic heterocycles. The number of nitrogens with zero attached hydrogens (tertiary/aromatic N) is 5. The maximum atomic E-state index is 12.7. The van der Waals surface area contributed by atoms with Gasteiger partial charge in [-0.05, 0) is 47.5 Å². The number of H-pyrrole nitrogens is 1. The highest BCUT2D eigenvalue weighted by Gasteiger charge is 2.30. The van der Waals surface area contributed by atoms with Crippen LogP contribution in [0.15, 0.2) is 39.0 Å². The number of nitrogens with two attached hydrogens (primary N) is 1. The molecule has 3 aromatic rings. The highest BCUT2D eigenvalue weighted by Crippen LogP contribution is 2.35. The van der Waals surface area contributed by atoms with Gasteiger partial charge in [-0.3, -0.25) is 19.1 Å². The summed E-state index contributed by atoms with van der Waals surface area (Å²) < 4.78 is 7.87. The average molecular weight is 415 g/mol. The lowest BCUT2D eigenvalue weighted by atomic mass is 10.2. The normalized spacial score (nSPS) is 13.4. The fraction of sp³-hybridized carbons (Fsp3) is 0.294. The largest absolute Gasteiger partial charge is 0.497 e. The molecule has 0 bridgehead atoms. The first-order valence-corrected chi connectivity index (χ1v) is 9.71. The van der Waals surface area contributed by atoms with Crippen LogP contribution in [0.1, 0.15) is 29.2 Å². The standard InChI is InChI=1S/C17H17N7O4S/c1-28-11-6-4-10(5-7-11)24-17(20-21-22-24)29-8-12(25)13-14(18)23(9-2-3-9)16(27)19-15(13)26/h4-7,9H,2-3,8,18H2,1H3,(H,19,26,27). The Balaban J connectivity index is 1.56. The van der Waals surface area contributed by atoms with E-state index in [2.05, 4.69) is 20.5 Å². The average Bonchev–Trinajstić information content (AvgIpc) is 3.42. The van der Waals surface area contributed by atoms with E-state index in [1.165, 1.54) is 9.25 Å². The summed E-state index contributed by atoms with van der Waals surface area (Å²) in [5, 5.41) is 11.9. The van der Waals surface area contributed by atoms with E-state index in [-0.39, 0.29) is 23.2 Å². The van der Waals surface area contributed by atoms with Gasteiger partial charge in [0.1, 0.15) is 17.1 Å². The molecule has 1 fully saturated rings. The van der Waals surface area contributed by atoms with E-state index in [1.54, 1.807) is 31.4 Å². The van der Waals surface area contributed by atoms with E-state index in [9.17, 15) is 14.4 Å². The number of nitrogens with one attached hydrogen (secondary N) is 1. The minimum absolute atomic E-state index is 0.0686. The predicted molar refractivity (Wildman–Crippen MR) is 105 cm³/mol. The molecule has 3 N–H and O–H groups in total. The Morgan fingerprint density at radius 1 is 1.31 bits per heavy atom. The number of anilines is 1.